The van der Waals surface area contributed by atoms with E-state index in [1.165, 1.54) is 44.9 Å². The largest absolute Gasteiger partial charge is 0.394 e. The minimum Gasteiger partial charge on any atom is -0.394 e. The molecular weight excluding hydrogens is 296 g/mol. The summed E-state index contributed by atoms with van der Waals surface area (Å²) in [4.78, 5) is 0. The Balaban J connectivity index is 3.02. The van der Waals surface area contributed by atoms with Gasteiger partial charge in [0.2, 0.25) is 0 Å². The molecule has 0 aromatic heterocycles. The van der Waals surface area contributed by atoms with E-state index < -0.39 is 0 Å². The van der Waals surface area contributed by atoms with Crippen molar-refractivity contribution in [1.82, 2.24) is 0 Å². The van der Waals surface area contributed by atoms with E-state index in [0.29, 0.717) is 33.0 Å². The van der Waals surface area contributed by atoms with Crippen LogP contribution in [0.4, 0.5) is 0 Å². The SMILES string of the molecule is CCCCCCCCCCOCCOCCOC[C@H](CO)OC. The number of unbranched alkanes of at least 4 members (excludes halogenated alkanes) is 7. The first-order chi connectivity index (χ1) is 11.3. The number of hydrogen-bond donors (Lipinski definition) is 1. The molecule has 0 amide bonds. The normalized spacial score (nSPS) is 12.7. The van der Waals surface area contributed by atoms with Crippen LogP contribution in [-0.2, 0) is 18.9 Å². The van der Waals surface area contributed by atoms with Gasteiger partial charge in [-0.2, -0.15) is 0 Å². The molecule has 0 aliphatic carbocycles. The molecule has 0 saturated carbocycles. The number of aliphatic hydroxyl groups is 1. The van der Waals surface area contributed by atoms with Gasteiger partial charge in [0.25, 0.3) is 0 Å². The zero-order valence-corrected chi connectivity index (χ0v) is 15.3. The van der Waals surface area contributed by atoms with Gasteiger partial charge in [0.05, 0.1) is 39.6 Å². The van der Waals surface area contributed by atoms with Gasteiger partial charge in [-0.3, -0.25) is 0 Å². The van der Waals surface area contributed by atoms with E-state index in [-0.39, 0.29) is 12.7 Å². The van der Waals surface area contributed by atoms with Crippen LogP contribution < -0.4 is 0 Å². The van der Waals surface area contributed by atoms with E-state index >= 15 is 0 Å². The predicted octanol–water partition coefficient (Wildman–Crippen LogP) is 3.18. The van der Waals surface area contributed by atoms with Gasteiger partial charge in [-0.25, -0.2) is 0 Å². The Labute approximate surface area is 142 Å². The van der Waals surface area contributed by atoms with E-state index in [2.05, 4.69) is 6.92 Å². The molecule has 23 heavy (non-hydrogen) atoms. The molecule has 0 aromatic carbocycles. The molecule has 5 heteroatoms. The smallest absolute Gasteiger partial charge is 0.103 e. The zero-order chi connectivity index (χ0) is 17.0. The fraction of sp³-hybridized carbons (Fsp3) is 1.00. The summed E-state index contributed by atoms with van der Waals surface area (Å²) >= 11 is 0. The first kappa shape index (κ1) is 22.8. The van der Waals surface area contributed by atoms with Crippen LogP contribution in [0.5, 0.6) is 0 Å². The van der Waals surface area contributed by atoms with Crippen molar-refractivity contribution in [2.45, 2.75) is 64.4 Å². The van der Waals surface area contributed by atoms with Gasteiger partial charge >= 0.3 is 0 Å². The molecule has 5 nitrogen and oxygen atoms in total. The summed E-state index contributed by atoms with van der Waals surface area (Å²) in [5.41, 5.74) is 0. The summed E-state index contributed by atoms with van der Waals surface area (Å²) in [5.74, 6) is 0. The highest BCUT2D eigenvalue weighted by Crippen LogP contribution is 2.08. The molecule has 140 valence electrons. The molecule has 0 unspecified atom stereocenters. The maximum absolute atomic E-state index is 8.90. The summed E-state index contributed by atoms with van der Waals surface area (Å²) < 4.78 is 21.3. The number of aliphatic hydroxyl groups excluding tert-OH is 1. The third-order valence-corrected chi connectivity index (χ3v) is 3.73. The van der Waals surface area contributed by atoms with Crippen molar-refractivity contribution >= 4 is 0 Å². The third kappa shape index (κ3) is 18.0. The van der Waals surface area contributed by atoms with E-state index in [9.17, 15) is 0 Å². The summed E-state index contributed by atoms with van der Waals surface area (Å²) in [6.07, 6.45) is 10.3. The molecule has 0 aliphatic rings. The lowest BCUT2D eigenvalue weighted by Gasteiger charge is -2.12. The standard InChI is InChI=1S/C18H38O5/c1-3-4-5-6-7-8-9-10-11-21-12-13-22-14-15-23-17-18(16-19)20-2/h18-19H,3-17H2,1-2H3/t18-/m0/s1. The average Bonchev–Trinajstić information content (AvgIpc) is 2.58. The lowest BCUT2D eigenvalue weighted by Crippen LogP contribution is -2.23. The van der Waals surface area contributed by atoms with Gasteiger partial charge in [0.1, 0.15) is 6.10 Å². The van der Waals surface area contributed by atoms with Crippen molar-refractivity contribution in [2.75, 3.05) is 53.4 Å². The topological polar surface area (TPSA) is 57.2 Å². The van der Waals surface area contributed by atoms with Gasteiger partial charge < -0.3 is 24.1 Å². The second kappa shape index (κ2) is 19.8. The molecule has 0 radical (unpaired) electrons. The summed E-state index contributed by atoms with van der Waals surface area (Å²) in [6, 6.07) is 0. The fourth-order valence-electron chi connectivity index (χ4n) is 2.19. The molecule has 1 atom stereocenters. The van der Waals surface area contributed by atoms with E-state index in [4.69, 9.17) is 24.1 Å². The van der Waals surface area contributed by atoms with Crippen LogP contribution >= 0.6 is 0 Å². The molecule has 0 aromatic rings. The van der Waals surface area contributed by atoms with Gasteiger partial charge in [0, 0.05) is 13.7 Å². The molecule has 0 aliphatic heterocycles. The van der Waals surface area contributed by atoms with Crippen LogP contribution in [0, 0.1) is 0 Å². The first-order valence-corrected chi connectivity index (χ1v) is 9.22. The fourth-order valence-corrected chi connectivity index (χ4v) is 2.19. The van der Waals surface area contributed by atoms with Crippen molar-refractivity contribution in [3.05, 3.63) is 0 Å². The Morgan fingerprint density at radius 3 is 1.78 bits per heavy atom. The predicted molar refractivity (Wildman–Crippen MR) is 92.9 cm³/mol. The lowest BCUT2D eigenvalue weighted by atomic mass is 10.1. The molecule has 0 spiro atoms. The van der Waals surface area contributed by atoms with E-state index in [0.717, 1.165) is 13.0 Å². The lowest BCUT2D eigenvalue weighted by molar-refractivity contribution is -0.0385. The van der Waals surface area contributed by atoms with Crippen molar-refractivity contribution < 1.29 is 24.1 Å². The van der Waals surface area contributed by atoms with Crippen LogP contribution in [0.15, 0.2) is 0 Å². The van der Waals surface area contributed by atoms with E-state index in [1.807, 2.05) is 0 Å². The Morgan fingerprint density at radius 1 is 0.696 bits per heavy atom. The van der Waals surface area contributed by atoms with Crippen LogP contribution in [0.1, 0.15) is 58.3 Å². The Bertz CT molecular complexity index is 210. The van der Waals surface area contributed by atoms with Crippen LogP contribution in [0.2, 0.25) is 0 Å². The minimum atomic E-state index is -0.245. The van der Waals surface area contributed by atoms with Gasteiger partial charge in [-0.05, 0) is 6.42 Å². The number of ether oxygens (including phenoxy) is 4. The highest BCUT2D eigenvalue weighted by molar-refractivity contribution is 4.51. The summed E-state index contributed by atoms with van der Waals surface area (Å²) in [7, 11) is 1.56. The zero-order valence-electron chi connectivity index (χ0n) is 15.3. The van der Waals surface area contributed by atoms with Gasteiger partial charge in [-0.1, -0.05) is 51.9 Å². The molecule has 1 N–H and O–H groups in total. The monoisotopic (exact) mass is 334 g/mol. The van der Waals surface area contributed by atoms with Crippen molar-refractivity contribution in [2.24, 2.45) is 0 Å². The molecule has 0 fully saturated rings. The molecular formula is C18H38O5. The highest BCUT2D eigenvalue weighted by Gasteiger charge is 2.04. The highest BCUT2D eigenvalue weighted by atomic mass is 16.6. The Morgan fingerprint density at radius 2 is 1.22 bits per heavy atom. The molecule has 0 rings (SSSR count). The van der Waals surface area contributed by atoms with Crippen molar-refractivity contribution in [1.29, 1.82) is 0 Å². The van der Waals surface area contributed by atoms with Gasteiger partial charge in [-0.15, -0.1) is 0 Å². The average molecular weight is 334 g/mol. The van der Waals surface area contributed by atoms with Crippen LogP contribution in [0.3, 0.4) is 0 Å². The number of rotatable bonds is 19. The van der Waals surface area contributed by atoms with Crippen LogP contribution in [-0.4, -0.2) is 64.6 Å². The summed E-state index contributed by atoms with van der Waals surface area (Å²) in [6.45, 7) is 5.76. The second-order valence-corrected chi connectivity index (χ2v) is 5.81. The number of methoxy groups -OCH3 is 1. The second-order valence-electron chi connectivity index (χ2n) is 5.81. The molecule has 0 heterocycles. The first-order valence-electron chi connectivity index (χ1n) is 9.22. The minimum absolute atomic E-state index is 0.0239. The van der Waals surface area contributed by atoms with Gasteiger partial charge in [0.15, 0.2) is 0 Å². The maximum atomic E-state index is 8.90. The summed E-state index contributed by atoms with van der Waals surface area (Å²) in [5, 5.41) is 8.90. The van der Waals surface area contributed by atoms with E-state index in [1.54, 1.807) is 7.11 Å². The molecule has 0 saturated heterocycles. The molecule has 0 bridgehead atoms. The Kier molecular flexibility index (Phi) is 19.7. The number of hydrogen-bond acceptors (Lipinski definition) is 5. The van der Waals surface area contributed by atoms with Crippen molar-refractivity contribution in [3.63, 3.8) is 0 Å². The quantitative estimate of drug-likeness (QED) is 0.368. The Hall–Kier alpha value is -0.200. The van der Waals surface area contributed by atoms with Crippen LogP contribution in [0.25, 0.3) is 0 Å². The van der Waals surface area contributed by atoms with Crippen molar-refractivity contribution in [3.8, 4) is 0 Å². The maximum Gasteiger partial charge on any atom is 0.103 e. The third-order valence-electron chi connectivity index (χ3n) is 3.73.